The molecule has 3 aromatic rings. The topological polar surface area (TPSA) is 52.3 Å². The number of ketones is 1. The first kappa shape index (κ1) is 19.8. The molecule has 0 saturated heterocycles. The van der Waals surface area contributed by atoms with Crippen molar-refractivity contribution in [1.82, 2.24) is 0 Å². The molecule has 3 heteroatoms. The molecule has 2 unspecified atom stereocenters. The summed E-state index contributed by atoms with van der Waals surface area (Å²) >= 11 is 0. The van der Waals surface area contributed by atoms with E-state index in [-0.39, 0.29) is 18.2 Å². The summed E-state index contributed by atoms with van der Waals surface area (Å²) in [5.41, 5.74) is 9.39. The summed E-state index contributed by atoms with van der Waals surface area (Å²) < 4.78 is 5.44. The molecule has 0 spiro atoms. The lowest BCUT2D eigenvalue weighted by Gasteiger charge is -2.36. The second-order valence-corrected chi connectivity index (χ2v) is 7.44. The molecule has 144 valence electrons. The summed E-state index contributed by atoms with van der Waals surface area (Å²) in [7, 11) is 1.65. The van der Waals surface area contributed by atoms with Crippen LogP contribution in [0.25, 0.3) is 0 Å². The van der Waals surface area contributed by atoms with E-state index >= 15 is 0 Å². The smallest absolute Gasteiger partial charge is 0.170 e. The zero-order chi connectivity index (χ0) is 20.1. The van der Waals surface area contributed by atoms with E-state index in [1.54, 1.807) is 7.11 Å². The number of carbonyl (C=O) groups is 1. The van der Waals surface area contributed by atoms with Gasteiger partial charge in [-0.2, -0.15) is 0 Å². The molecule has 0 aliphatic carbocycles. The van der Waals surface area contributed by atoms with Crippen LogP contribution in [0.2, 0.25) is 0 Å². The molecule has 3 aromatic carbocycles. The van der Waals surface area contributed by atoms with Gasteiger partial charge in [0.1, 0.15) is 5.75 Å². The van der Waals surface area contributed by atoms with Gasteiger partial charge in [-0.15, -0.1) is 0 Å². The Bertz CT molecular complexity index is 952. The number of hydrogen-bond acceptors (Lipinski definition) is 3. The maximum Gasteiger partial charge on any atom is 0.170 e. The van der Waals surface area contributed by atoms with Crippen LogP contribution >= 0.6 is 0 Å². The quantitative estimate of drug-likeness (QED) is 0.594. The van der Waals surface area contributed by atoms with Crippen molar-refractivity contribution in [2.75, 3.05) is 13.7 Å². The van der Waals surface area contributed by atoms with Crippen LogP contribution in [0.3, 0.4) is 0 Å². The highest BCUT2D eigenvalue weighted by atomic mass is 16.5. The van der Waals surface area contributed by atoms with Gasteiger partial charge in [0, 0.05) is 18.0 Å². The molecular formula is C25H27NO2. The Balaban J connectivity index is 2.20. The Morgan fingerprint density at radius 1 is 0.964 bits per heavy atom. The molecule has 0 bridgehead atoms. The Hall–Kier alpha value is -2.91. The summed E-state index contributed by atoms with van der Waals surface area (Å²) in [6, 6.07) is 25.6. The van der Waals surface area contributed by atoms with Gasteiger partial charge in [-0.1, -0.05) is 79.2 Å². The SMILES string of the molecule is COc1cccc(C(c2cccc(C)c2)C(C)(CN)C(=O)c2ccccc2)c1. The van der Waals surface area contributed by atoms with Crippen molar-refractivity contribution in [2.45, 2.75) is 19.8 Å². The van der Waals surface area contributed by atoms with E-state index in [4.69, 9.17) is 10.5 Å². The lowest BCUT2D eigenvalue weighted by molar-refractivity contribution is 0.0802. The Labute approximate surface area is 167 Å². The first-order valence-electron chi connectivity index (χ1n) is 9.50. The second kappa shape index (κ2) is 8.41. The molecule has 0 aliphatic rings. The minimum absolute atomic E-state index is 0.0462. The van der Waals surface area contributed by atoms with Gasteiger partial charge in [-0.3, -0.25) is 4.79 Å². The summed E-state index contributed by atoms with van der Waals surface area (Å²) in [5, 5.41) is 0. The van der Waals surface area contributed by atoms with Gasteiger partial charge >= 0.3 is 0 Å². The molecule has 0 aromatic heterocycles. The Morgan fingerprint density at radius 2 is 1.61 bits per heavy atom. The fourth-order valence-electron chi connectivity index (χ4n) is 3.86. The zero-order valence-corrected chi connectivity index (χ0v) is 16.7. The van der Waals surface area contributed by atoms with Gasteiger partial charge in [0.2, 0.25) is 0 Å². The zero-order valence-electron chi connectivity index (χ0n) is 16.7. The van der Waals surface area contributed by atoms with Gasteiger partial charge in [-0.05, 0) is 30.2 Å². The van der Waals surface area contributed by atoms with Crippen LogP contribution in [0.5, 0.6) is 5.75 Å². The van der Waals surface area contributed by atoms with Crippen LogP contribution in [0.1, 0.15) is 39.9 Å². The Kier molecular flexibility index (Phi) is 5.96. The number of methoxy groups -OCH3 is 1. The second-order valence-electron chi connectivity index (χ2n) is 7.44. The molecule has 28 heavy (non-hydrogen) atoms. The number of aryl methyl sites for hydroxylation is 1. The predicted molar refractivity (Wildman–Crippen MR) is 114 cm³/mol. The van der Waals surface area contributed by atoms with Crippen LogP contribution in [0.4, 0.5) is 0 Å². The van der Waals surface area contributed by atoms with Crippen LogP contribution < -0.4 is 10.5 Å². The van der Waals surface area contributed by atoms with Crippen molar-refractivity contribution in [3.8, 4) is 5.75 Å². The number of nitrogens with two attached hydrogens (primary N) is 1. The monoisotopic (exact) mass is 373 g/mol. The number of ether oxygens (including phenoxy) is 1. The standard InChI is InChI=1S/C25H27NO2/c1-18-9-7-12-20(15-18)23(21-13-8-14-22(16-21)28-3)25(2,17-26)24(27)19-10-5-4-6-11-19/h4-16,23H,17,26H2,1-3H3. The summed E-state index contributed by atoms with van der Waals surface area (Å²) in [6.07, 6.45) is 0. The van der Waals surface area contributed by atoms with E-state index in [1.165, 1.54) is 0 Å². The number of carbonyl (C=O) groups excluding carboxylic acids is 1. The molecular weight excluding hydrogens is 346 g/mol. The minimum Gasteiger partial charge on any atom is -0.497 e. The first-order chi connectivity index (χ1) is 13.5. The molecule has 0 heterocycles. The molecule has 0 radical (unpaired) electrons. The van der Waals surface area contributed by atoms with Crippen molar-refractivity contribution >= 4 is 5.78 Å². The average Bonchev–Trinajstić information content (AvgIpc) is 2.74. The number of Topliss-reactive ketones (excluding diaryl/α,β-unsaturated/α-hetero) is 1. The highest BCUT2D eigenvalue weighted by Crippen LogP contribution is 2.43. The molecule has 3 rings (SSSR count). The van der Waals surface area contributed by atoms with Gasteiger partial charge in [-0.25, -0.2) is 0 Å². The average molecular weight is 373 g/mol. The third kappa shape index (κ3) is 3.85. The van der Waals surface area contributed by atoms with Crippen LogP contribution in [0.15, 0.2) is 78.9 Å². The fraction of sp³-hybridized carbons (Fsp3) is 0.240. The highest BCUT2D eigenvalue weighted by molar-refractivity contribution is 6.01. The third-order valence-electron chi connectivity index (χ3n) is 5.42. The van der Waals surface area contributed by atoms with E-state index in [0.29, 0.717) is 5.56 Å². The summed E-state index contributed by atoms with van der Waals surface area (Å²) in [4.78, 5) is 13.6. The van der Waals surface area contributed by atoms with E-state index in [9.17, 15) is 4.79 Å². The van der Waals surface area contributed by atoms with Gasteiger partial charge in [0.05, 0.1) is 12.5 Å². The molecule has 3 nitrogen and oxygen atoms in total. The van der Waals surface area contributed by atoms with Crippen molar-refractivity contribution < 1.29 is 9.53 Å². The minimum atomic E-state index is -0.804. The normalized spacial score (nSPS) is 14.1. The number of benzene rings is 3. The van der Waals surface area contributed by atoms with Crippen molar-refractivity contribution in [2.24, 2.45) is 11.1 Å². The van der Waals surface area contributed by atoms with E-state index in [2.05, 4.69) is 25.1 Å². The van der Waals surface area contributed by atoms with Gasteiger partial charge in [0.15, 0.2) is 5.78 Å². The molecule has 0 fully saturated rings. The predicted octanol–water partition coefficient (Wildman–Crippen LogP) is 4.98. The van der Waals surface area contributed by atoms with Crippen molar-refractivity contribution in [3.05, 3.63) is 101 Å². The molecule has 0 aliphatic heterocycles. The van der Waals surface area contributed by atoms with Crippen LogP contribution in [0, 0.1) is 12.3 Å². The molecule has 2 N–H and O–H groups in total. The van der Waals surface area contributed by atoms with E-state index < -0.39 is 5.41 Å². The molecule has 2 atom stereocenters. The van der Waals surface area contributed by atoms with Crippen molar-refractivity contribution in [3.63, 3.8) is 0 Å². The van der Waals surface area contributed by atoms with E-state index in [0.717, 1.165) is 22.4 Å². The molecule has 0 saturated carbocycles. The van der Waals surface area contributed by atoms with Crippen LogP contribution in [-0.2, 0) is 0 Å². The maximum absolute atomic E-state index is 13.6. The first-order valence-corrected chi connectivity index (χ1v) is 9.50. The van der Waals surface area contributed by atoms with Crippen LogP contribution in [-0.4, -0.2) is 19.4 Å². The van der Waals surface area contributed by atoms with E-state index in [1.807, 2.05) is 67.6 Å². The summed E-state index contributed by atoms with van der Waals surface area (Å²) in [5.74, 6) is 0.617. The van der Waals surface area contributed by atoms with Gasteiger partial charge in [0.25, 0.3) is 0 Å². The fourth-order valence-corrected chi connectivity index (χ4v) is 3.86. The van der Waals surface area contributed by atoms with Crippen molar-refractivity contribution in [1.29, 1.82) is 0 Å². The maximum atomic E-state index is 13.6. The largest absolute Gasteiger partial charge is 0.497 e. The lowest BCUT2D eigenvalue weighted by atomic mass is 9.66. The lowest BCUT2D eigenvalue weighted by Crippen LogP contribution is -2.42. The molecule has 0 amide bonds. The summed E-state index contributed by atoms with van der Waals surface area (Å²) in [6.45, 7) is 4.26. The Morgan fingerprint density at radius 3 is 2.21 bits per heavy atom. The highest BCUT2D eigenvalue weighted by Gasteiger charge is 2.42. The number of rotatable bonds is 7. The number of hydrogen-bond donors (Lipinski definition) is 1. The van der Waals surface area contributed by atoms with Gasteiger partial charge < -0.3 is 10.5 Å². The third-order valence-corrected chi connectivity index (χ3v) is 5.42.